The summed E-state index contributed by atoms with van der Waals surface area (Å²) in [6.07, 6.45) is 0.500. The number of nitrogens with zero attached hydrogens (tertiary/aromatic N) is 1. The lowest BCUT2D eigenvalue weighted by Crippen LogP contribution is -2.39. The van der Waals surface area contributed by atoms with E-state index in [9.17, 15) is 13.2 Å². The minimum absolute atomic E-state index is 0.0324. The molecule has 0 bridgehead atoms. The fraction of sp³-hybridized carbons (Fsp3) is 0.316. The summed E-state index contributed by atoms with van der Waals surface area (Å²) in [4.78, 5) is 12.2. The van der Waals surface area contributed by atoms with Crippen LogP contribution in [0.15, 0.2) is 41.3 Å². The molecule has 0 radical (unpaired) electrons. The standard InChI is InChI=1S/C19H20Cl2N2O5S/c1-23(12-19(24)22-7-6-13-2-3-14(20)10-16(13)21)29(25,26)15-4-5-17-18(11-15)28-9-8-27-17/h2-5,10-11H,6-9,12H2,1H3,(H,22,24). The van der Waals surface area contributed by atoms with Crippen LogP contribution < -0.4 is 14.8 Å². The summed E-state index contributed by atoms with van der Waals surface area (Å²) in [7, 11) is -2.51. The van der Waals surface area contributed by atoms with Gasteiger partial charge < -0.3 is 14.8 Å². The van der Waals surface area contributed by atoms with Gasteiger partial charge in [-0.2, -0.15) is 4.31 Å². The average Bonchev–Trinajstić information content (AvgIpc) is 2.69. The van der Waals surface area contributed by atoms with E-state index in [0.717, 1.165) is 9.87 Å². The van der Waals surface area contributed by atoms with E-state index >= 15 is 0 Å². The molecule has 3 rings (SSSR count). The van der Waals surface area contributed by atoms with Gasteiger partial charge in [0.1, 0.15) is 13.2 Å². The van der Waals surface area contributed by atoms with Gasteiger partial charge in [0, 0.05) is 29.7 Å². The van der Waals surface area contributed by atoms with Crippen molar-refractivity contribution in [2.24, 2.45) is 0 Å². The zero-order chi connectivity index (χ0) is 21.0. The third kappa shape index (κ3) is 5.33. The highest BCUT2D eigenvalue weighted by Crippen LogP contribution is 2.32. The first-order valence-electron chi connectivity index (χ1n) is 8.84. The Balaban J connectivity index is 1.57. The second kappa shape index (κ2) is 9.21. The van der Waals surface area contributed by atoms with Crippen molar-refractivity contribution >= 4 is 39.1 Å². The van der Waals surface area contributed by atoms with Gasteiger partial charge >= 0.3 is 0 Å². The molecule has 1 heterocycles. The van der Waals surface area contributed by atoms with Crippen LogP contribution in [0.5, 0.6) is 11.5 Å². The largest absolute Gasteiger partial charge is 0.486 e. The van der Waals surface area contributed by atoms with Crippen LogP contribution in [-0.4, -0.2) is 52.0 Å². The second-order valence-electron chi connectivity index (χ2n) is 6.40. The van der Waals surface area contributed by atoms with E-state index in [4.69, 9.17) is 32.7 Å². The molecule has 0 spiro atoms. The number of fused-ring (bicyclic) bond motifs is 1. The van der Waals surface area contributed by atoms with E-state index in [1.165, 1.54) is 19.2 Å². The molecule has 7 nitrogen and oxygen atoms in total. The number of halogens is 2. The Labute approximate surface area is 179 Å². The molecule has 0 aliphatic carbocycles. The molecule has 156 valence electrons. The Morgan fingerprint density at radius 1 is 1.10 bits per heavy atom. The van der Waals surface area contributed by atoms with Gasteiger partial charge in [-0.1, -0.05) is 29.3 Å². The van der Waals surface area contributed by atoms with Crippen LogP contribution in [0.2, 0.25) is 10.0 Å². The number of benzene rings is 2. The summed E-state index contributed by atoms with van der Waals surface area (Å²) in [6.45, 7) is 0.774. The van der Waals surface area contributed by atoms with Crippen LogP contribution in [0.3, 0.4) is 0 Å². The molecule has 10 heteroatoms. The van der Waals surface area contributed by atoms with Gasteiger partial charge in [0.25, 0.3) is 0 Å². The average molecular weight is 459 g/mol. The smallest absolute Gasteiger partial charge is 0.243 e. The second-order valence-corrected chi connectivity index (χ2v) is 9.29. The fourth-order valence-corrected chi connectivity index (χ4v) is 4.41. The first-order valence-corrected chi connectivity index (χ1v) is 11.0. The fourth-order valence-electron chi connectivity index (χ4n) is 2.77. The summed E-state index contributed by atoms with van der Waals surface area (Å²) in [5.74, 6) is 0.449. The number of hydrogen-bond donors (Lipinski definition) is 1. The van der Waals surface area contributed by atoms with E-state index in [1.54, 1.807) is 24.3 Å². The van der Waals surface area contributed by atoms with Crippen LogP contribution in [0, 0.1) is 0 Å². The number of carbonyl (C=O) groups excluding carboxylic acids is 1. The maximum atomic E-state index is 12.7. The summed E-state index contributed by atoms with van der Waals surface area (Å²) >= 11 is 12.0. The molecule has 0 unspecified atom stereocenters. The van der Waals surface area contributed by atoms with Gasteiger partial charge in [-0.3, -0.25) is 4.79 Å². The van der Waals surface area contributed by atoms with Crippen molar-refractivity contribution < 1.29 is 22.7 Å². The van der Waals surface area contributed by atoms with Gasteiger partial charge in [0.05, 0.1) is 11.4 Å². The monoisotopic (exact) mass is 458 g/mol. The number of nitrogens with one attached hydrogen (secondary N) is 1. The molecule has 1 aliphatic heterocycles. The molecule has 1 amide bonds. The van der Waals surface area contributed by atoms with E-state index in [-0.39, 0.29) is 11.4 Å². The Morgan fingerprint density at radius 2 is 1.83 bits per heavy atom. The first kappa shape index (κ1) is 21.7. The molecular weight excluding hydrogens is 439 g/mol. The van der Waals surface area contributed by atoms with Crippen molar-refractivity contribution in [3.8, 4) is 11.5 Å². The van der Waals surface area contributed by atoms with E-state index in [1.807, 2.05) is 0 Å². The lowest BCUT2D eigenvalue weighted by Gasteiger charge is -2.21. The number of ether oxygens (including phenoxy) is 2. The number of likely N-dealkylation sites (N-methyl/N-ethyl adjacent to an activating group) is 1. The number of sulfonamides is 1. The summed E-state index contributed by atoms with van der Waals surface area (Å²) in [5.41, 5.74) is 0.841. The summed E-state index contributed by atoms with van der Waals surface area (Å²) in [5, 5.41) is 3.75. The maximum Gasteiger partial charge on any atom is 0.243 e. The summed E-state index contributed by atoms with van der Waals surface area (Å²) in [6, 6.07) is 9.52. The predicted molar refractivity (Wildman–Crippen MR) is 110 cm³/mol. The van der Waals surface area contributed by atoms with Gasteiger partial charge in [-0.15, -0.1) is 0 Å². The predicted octanol–water partition coefficient (Wildman–Crippen LogP) is 2.74. The third-order valence-corrected chi connectivity index (χ3v) is 6.71. The topological polar surface area (TPSA) is 84.9 Å². The highest BCUT2D eigenvalue weighted by atomic mass is 35.5. The molecule has 1 N–H and O–H groups in total. The third-order valence-electron chi connectivity index (χ3n) is 4.32. The van der Waals surface area contributed by atoms with E-state index < -0.39 is 15.9 Å². The van der Waals surface area contributed by atoms with Crippen LogP contribution in [0.25, 0.3) is 0 Å². The van der Waals surface area contributed by atoms with Crippen LogP contribution in [0.1, 0.15) is 5.56 Å². The molecule has 1 aliphatic rings. The van der Waals surface area contributed by atoms with Crippen molar-refractivity contribution in [1.29, 1.82) is 0 Å². The van der Waals surface area contributed by atoms with Crippen molar-refractivity contribution in [2.75, 3.05) is 33.4 Å². The first-order chi connectivity index (χ1) is 13.8. The van der Waals surface area contributed by atoms with Gasteiger partial charge in [0.15, 0.2) is 11.5 Å². The number of rotatable bonds is 7. The Bertz CT molecular complexity index is 1010. The molecule has 2 aromatic carbocycles. The van der Waals surface area contributed by atoms with Crippen molar-refractivity contribution in [3.05, 3.63) is 52.0 Å². The molecular formula is C19H20Cl2N2O5S. The van der Waals surface area contributed by atoms with E-state index in [2.05, 4.69) is 5.32 Å². The van der Waals surface area contributed by atoms with Gasteiger partial charge in [-0.05, 0) is 36.2 Å². The highest BCUT2D eigenvalue weighted by molar-refractivity contribution is 7.89. The van der Waals surface area contributed by atoms with Crippen LogP contribution in [-0.2, 0) is 21.2 Å². The minimum atomic E-state index is -3.86. The molecule has 2 aromatic rings. The Hall–Kier alpha value is -2.00. The Kier molecular flexibility index (Phi) is 6.89. The minimum Gasteiger partial charge on any atom is -0.486 e. The van der Waals surface area contributed by atoms with Crippen LogP contribution in [0.4, 0.5) is 0 Å². The van der Waals surface area contributed by atoms with Crippen LogP contribution >= 0.6 is 23.2 Å². The van der Waals surface area contributed by atoms with Crippen molar-refractivity contribution in [3.63, 3.8) is 0 Å². The van der Waals surface area contributed by atoms with Crippen molar-refractivity contribution in [2.45, 2.75) is 11.3 Å². The van der Waals surface area contributed by atoms with Gasteiger partial charge in [-0.25, -0.2) is 8.42 Å². The maximum absolute atomic E-state index is 12.7. The number of amides is 1. The lowest BCUT2D eigenvalue weighted by molar-refractivity contribution is -0.121. The zero-order valence-corrected chi connectivity index (χ0v) is 18.0. The molecule has 0 fully saturated rings. The van der Waals surface area contributed by atoms with Crippen molar-refractivity contribution in [1.82, 2.24) is 9.62 Å². The molecule has 0 saturated carbocycles. The number of carbonyl (C=O) groups is 1. The Morgan fingerprint density at radius 3 is 2.55 bits per heavy atom. The van der Waals surface area contributed by atoms with E-state index in [0.29, 0.717) is 47.7 Å². The zero-order valence-electron chi connectivity index (χ0n) is 15.7. The number of hydrogen-bond acceptors (Lipinski definition) is 5. The quantitative estimate of drug-likeness (QED) is 0.689. The molecule has 0 aromatic heterocycles. The normalized spacial score (nSPS) is 13.4. The SMILES string of the molecule is CN(CC(=O)NCCc1ccc(Cl)cc1Cl)S(=O)(=O)c1ccc2c(c1)OCCO2. The lowest BCUT2D eigenvalue weighted by atomic mass is 10.1. The summed E-state index contributed by atoms with van der Waals surface area (Å²) < 4.78 is 37.3. The molecule has 29 heavy (non-hydrogen) atoms. The molecule has 0 saturated heterocycles. The molecule has 0 atom stereocenters. The van der Waals surface area contributed by atoms with Gasteiger partial charge in [0.2, 0.25) is 15.9 Å². The highest BCUT2D eigenvalue weighted by Gasteiger charge is 2.25.